The Kier molecular flexibility index (Phi) is 9.01. The van der Waals surface area contributed by atoms with Gasteiger partial charge in [-0.1, -0.05) is 19.3 Å². The summed E-state index contributed by atoms with van der Waals surface area (Å²) in [5.41, 5.74) is -0.888. The number of aromatic nitrogens is 1. The second-order valence-electron chi connectivity index (χ2n) is 6.80. The fourth-order valence-electron chi connectivity index (χ4n) is 3.11. The largest absolute Gasteiger partial charge is 0.434 e. The molecular weight excluding hydrogens is 391 g/mol. The van der Waals surface area contributed by atoms with Crippen molar-refractivity contribution in [1.82, 2.24) is 20.9 Å². The fourth-order valence-corrected chi connectivity index (χ4v) is 3.83. The molecule has 0 atom stereocenters. The number of thiazole rings is 1. The van der Waals surface area contributed by atoms with Crippen LogP contribution in [0.15, 0.2) is 10.4 Å². The molecule has 0 saturated heterocycles. The Morgan fingerprint density at radius 3 is 2.57 bits per heavy atom. The van der Waals surface area contributed by atoms with Gasteiger partial charge >= 0.3 is 6.18 Å². The van der Waals surface area contributed by atoms with E-state index in [0.29, 0.717) is 42.9 Å². The van der Waals surface area contributed by atoms with Gasteiger partial charge in [0, 0.05) is 31.4 Å². The van der Waals surface area contributed by atoms with Crippen LogP contribution in [-0.2, 0) is 17.5 Å². The summed E-state index contributed by atoms with van der Waals surface area (Å²) in [5, 5.41) is 10.3. The first kappa shape index (κ1) is 22.4. The van der Waals surface area contributed by atoms with Crippen molar-refractivity contribution < 1.29 is 18.0 Å². The second kappa shape index (κ2) is 11.2. The lowest BCUT2D eigenvalue weighted by Gasteiger charge is -2.20. The molecule has 1 saturated carbocycles. The average molecular weight is 420 g/mol. The van der Waals surface area contributed by atoms with E-state index in [1.165, 1.54) is 19.3 Å². The molecule has 2 rings (SSSR count). The summed E-state index contributed by atoms with van der Waals surface area (Å²) in [4.78, 5) is 19.8. The van der Waals surface area contributed by atoms with Gasteiger partial charge in [0.2, 0.25) is 5.91 Å². The van der Waals surface area contributed by atoms with Crippen molar-refractivity contribution >= 4 is 23.2 Å². The van der Waals surface area contributed by atoms with Gasteiger partial charge in [0.1, 0.15) is 5.01 Å². The van der Waals surface area contributed by atoms with Gasteiger partial charge in [0.05, 0.1) is 6.54 Å². The third-order valence-corrected chi connectivity index (χ3v) is 5.33. The molecule has 1 aromatic heterocycles. The minimum atomic E-state index is -4.43. The Hall–Kier alpha value is -1.84. The Morgan fingerprint density at radius 2 is 1.93 bits per heavy atom. The van der Waals surface area contributed by atoms with Crippen LogP contribution >= 0.6 is 11.3 Å². The molecule has 1 aromatic rings. The van der Waals surface area contributed by atoms with Crippen molar-refractivity contribution in [3.8, 4) is 0 Å². The number of aliphatic imine (C=N–C) groups is 1. The summed E-state index contributed by atoms with van der Waals surface area (Å²) < 4.78 is 37.8. The van der Waals surface area contributed by atoms with E-state index in [-0.39, 0.29) is 12.5 Å². The number of alkyl halides is 3. The fraction of sp³-hybridized carbons (Fsp3) is 0.722. The van der Waals surface area contributed by atoms with Crippen LogP contribution < -0.4 is 16.0 Å². The monoisotopic (exact) mass is 419 g/mol. The Labute approximate surface area is 167 Å². The molecule has 28 heavy (non-hydrogen) atoms. The van der Waals surface area contributed by atoms with E-state index in [0.717, 1.165) is 29.6 Å². The van der Waals surface area contributed by atoms with E-state index in [1.54, 1.807) is 0 Å². The minimum absolute atomic E-state index is 0.0596. The highest BCUT2D eigenvalue weighted by Gasteiger charge is 2.33. The summed E-state index contributed by atoms with van der Waals surface area (Å²) >= 11 is 0.934. The molecule has 1 aliphatic rings. The van der Waals surface area contributed by atoms with E-state index in [4.69, 9.17) is 0 Å². The van der Waals surface area contributed by atoms with Crippen LogP contribution in [0.25, 0.3) is 0 Å². The predicted molar refractivity (Wildman–Crippen MR) is 104 cm³/mol. The van der Waals surface area contributed by atoms with Crippen LogP contribution in [-0.4, -0.2) is 36.5 Å². The quantitative estimate of drug-likeness (QED) is 0.343. The minimum Gasteiger partial charge on any atom is -0.357 e. The van der Waals surface area contributed by atoms with Crippen LogP contribution in [0.4, 0.5) is 13.2 Å². The van der Waals surface area contributed by atoms with Gasteiger partial charge in [-0.05, 0) is 25.7 Å². The third kappa shape index (κ3) is 8.04. The van der Waals surface area contributed by atoms with Crippen LogP contribution in [0.1, 0.15) is 56.2 Å². The van der Waals surface area contributed by atoms with Gasteiger partial charge in [0.15, 0.2) is 11.7 Å². The standard InChI is InChI=1S/C18H28F3N5OS/c1-2-22-17(25-11-16-26-14(12-28-16)18(19,20)21)24-9-8-23-15(27)10-13-6-4-3-5-7-13/h12-13H,2-11H2,1H3,(H,23,27)(H2,22,24,25). The van der Waals surface area contributed by atoms with Gasteiger partial charge in [-0.15, -0.1) is 11.3 Å². The summed E-state index contributed by atoms with van der Waals surface area (Å²) in [5.74, 6) is 1.05. The van der Waals surface area contributed by atoms with Crippen LogP contribution in [0.2, 0.25) is 0 Å². The number of carbonyl (C=O) groups is 1. The average Bonchev–Trinajstić information content (AvgIpc) is 3.13. The maximum atomic E-state index is 12.6. The molecule has 158 valence electrons. The van der Waals surface area contributed by atoms with E-state index < -0.39 is 11.9 Å². The zero-order chi connectivity index (χ0) is 20.4. The molecule has 0 radical (unpaired) electrons. The number of carbonyl (C=O) groups excluding carboxylic acids is 1. The van der Waals surface area contributed by atoms with E-state index in [9.17, 15) is 18.0 Å². The van der Waals surface area contributed by atoms with Gasteiger partial charge in [-0.25, -0.2) is 9.98 Å². The second-order valence-corrected chi connectivity index (χ2v) is 7.75. The summed E-state index contributed by atoms with van der Waals surface area (Å²) in [6.45, 7) is 3.52. The number of halogens is 3. The van der Waals surface area contributed by atoms with E-state index >= 15 is 0 Å². The number of hydrogen-bond donors (Lipinski definition) is 3. The highest BCUT2D eigenvalue weighted by Crippen LogP contribution is 2.30. The highest BCUT2D eigenvalue weighted by molar-refractivity contribution is 7.09. The zero-order valence-corrected chi connectivity index (χ0v) is 16.9. The summed E-state index contributed by atoms with van der Waals surface area (Å²) in [7, 11) is 0. The van der Waals surface area contributed by atoms with Crippen molar-refractivity contribution in [2.45, 2.75) is 58.2 Å². The molecule has 0 spiro atoms. The van der Waals surface area contributed by atoms with Gasteiger partial charge < -0.3 is 16.0 Å². The number of rotatable bonds is 8. The molecule has 1 fully saturated rings. The van der Waals surface area contributed by atoms with Crippen molar-refractivity contribution in [2.24, 2.45) is 10.9 Å². The number of amides is 1. The first-order valence-corrected chi connectivity index (χ1v) is 10.6. The molecule has 0 bridgehead atoms. The van der Waals surface area contributed by atoms with Gasteiger partial charge in [-0.3, -0.25) is 4.79 Å². The molecule has 0 aliphatic heterocycles. The first-order valence-electron chi connectivity index (χ1n) is 9.69. The van der Waals surface area contributed by atoms with Crippen LogP contribution in [0, 0.1) is 5.92 Å². The van der Waals surface area contributed by atoms with Crippen molar-refractivity contribution in [3.05, 3.63) is 16.1 Å². The molecule has 3 N–H and O–H groups in total. The maximum absolute atomic E-state index is 12.6. The molecule has 1 aliphatic carbocycles. The Bertz CT molecular complexity index is 641. The molecule has 1 heterocycles. The Balaban J connectivity index is 1.72. The zero-order valence-electron chi connectivity index (χ0n) is 16.1. The normalized spacial score (nSPS) is 16.1. The summed E-state index contributed by atoms with van der Waals surface area (Å²) in [6, 6.07) is 0. The first-order chi connectivity index (χ1) is 13.4. The van der Waals surface area contributed by atoms with Crippen LogP contribution in [0.5, 0.6) is 0 Å². The van der Waals surface area contributed by atoms with Crippen LogP contribution in [0.3, 0.4) is 0 Å². The number of nitrogens with one attached hydrogen (secondary N) is 3. The molecule has 0 aromatic carbocycles. The van der Waals surface area contributed by atoms with Gasteiger partial charge in [0.25, 0.3) is 0 Å². The molecule has 0 unspecified atom stereocenters. The maximum Gasteiger partial charge on any atom is 0.434 e. The van der Waals surface area contributed by atoms with Crippen molar-refractivity contribution in [3.63, 3.8) is 0 Å². The lowest BCUT2D eigenvalue weighted by atomic mass is 9.87. The number of nitrogens with zero attached hydrogens (tertiary/aromatic N) is 2. The smallest absolute Gasteiger partial charge is 0.357 e. The molecule has 10 heteroatoms. The summed E-state index contributed by atoms with van der Waals surface area (Å²) in [6.07, 6.45) is 2.12. The van der Waals surface area contributed by atoms with Gasteiger partial charge in [-0.2, -0.15) is 13.2 Å². The van der Waals surface area contributed by atoms with E-state index in [2.05, 4.69) is 25.9 Å². The molecule has 6 nitrogen and oxygen atoms in total. The molecular formula is C18H28F3N5OS. The van der Waals surface area contributed by atoms with Crippen molar-refractivity contribution in [1.29, 1.82) is 0 Å². The predicted octanol–water partition coefficient (Wildman–Crippen LogP) is 3.30. The molecule has 1 amide bonds. The lowest BCUT2D eigenvalue weighted by Crippen LogP contribution is -2.41. The SMILES string of the molecule is CCNC(=NCc1nc(C(F)(F)F)cs1)NCCNC(=O)CC1CCCCC1. The Morgan fingerprint density at radius 1 is 1.21 bits per heavy atom. The topological polar surface area (TPSA) is 78.4 Å². The van der Waals surface area contributed by atoms with Crippen molar-refractivity contribution in [2.75, 3.05) is 19.6 Å². The van der Waals surface area contributed by atoms with E-state index in [1.807, 2.05) is 6.92 Å². The highest BCUT2D eigenvalue weighted by atomic mass is 32.1. The number of guanidine groups is 1. The lowest BCUT2D eigenvalue weighted by molar-refractivity contribution is -0.140. The third-order valence-electron chi connectivity index (χ3n) is 4.50. The number of hydrogen-bond acceptors (Lipinski definition) is 4.